The van der Waals surface area contributed by atoms with Gasteiger partial charge >= 0.3 is 6.03 Å². The molecule has 1 aromatic carbocycles. The standard InChI is InChI=1S/C13H15FN2O4/c1-15-7-12(18)16(13(15)19)6-10(17)8-20-11-4-2-9(14)3-5-11/h2-5,10,17H,6-8H2,1H3/t10-/m1/s1. The quantitative estimate of drug-likeness (QED) is 0.797. The van der Waals surface area contributed by atoms with E-state index in [9.17, 15) is 19.1 Å². The summed E-state index contributed by atoms with van der Waals surface area (Å²) < 4.78 is 17.9. The van der Waals surface area contributed by atoms with Gasteiger partial charge in [0, 0.05) is 7.05 Å². The largest absolute Gasteiger partial charge is 0.491 e. The van der Waals surface area contributed by atoms with Crippen molar-refractivity contribution in [2.24, 2.45) is 0 Å². The molecule has 1 atom stereocenters. The lowest BCUT2D eigenvalue weighted by atomic mass is 10.3. The molecule has 108 valence electrons. The highest BCUT2D eigenvalue weighted by atomic mass is 19.1. The summed E-state index contributed by atoms with van der Waals surface area (Å²) in [6.45, 7) is -0.194. The molecule has 1 heterocycles. The Kier molecular flexibility index (Phi) is 4.19. The van der Waals surface area contributed by atoms with Crippen LogP contribution in [0.2, 0.25) is 0 Å². The van der Waals surface area contributed by atoms with Gasteiger partial charge in [-0.2, -0.15) is 0 Å². The van der Waals surface area contributed by atoms with Crippen LogP contribution >= 0.6 is 0 Å². The van der Waals surface area contributed by atoms with Crippen LogP contribution in [0, 0.1) is 5.82 Å². The molecule has 1 saturated heterocycles. The van der Waals surface area contributed by atoms with Gasteiger partial charge in [-0.3, -0.25) is 9.69 Å². The molecule has 1 fully saturated rings. The van der Waals surface area contributed by atoms with Crippen molar-refractivity contribution in [1.29, 1.82) is 0 Å². The highest BCUT2D eigenvalue weighted by Gasteiger charge is 2.34. The Hall–Kier alpha value is -2.15. The van der Waals surface area contributed by atoms with E-state index in [2.05, 4.69) is 0 Å². The third kappa shape index (κ3) is 3.24. The zero-order valence-electron chi connectivity index (χ0n) is 11.0. The van der Waals surface area contributed by atoms with Gasteiger partial charge in [0.05, 0.1) is 6.54 Å². The third-order valence-electron chi connectivity index (χ3n) is 2.88. The Bertz CT molecular complexity index is 506. The number of nitrogens with zero attached hydrogens (tertiary/aromatic N) is 2. The summed E-state index contributed by atoms with van der Waals surface area (Å²) in [5.74, 6) is -0.325. The number of ether oxygens (including phenoxy) is 1. The molecular weight excluding hydrogens is 267 g/mol. The van der Waals surface area contributed by atoms with E-state index in [1.54, 1.807) is 0 Å². The minimum atomic E-state index is -1.00. The fourth-order valence-electron chi connectivity index (χ4n) is 1.84. The smallest absolute Gasteiger partial charge is 0.327 e. The maximum absolute atomic E-state index is 12.7. The van der Waals surface area contributed by atoms with Crippen LogP contribution in [-0.2, 0) is 4.79 Å². The fourth-order valence-corrected chi connectivity index (χ4v) is 1.84. The van der Waals surface area contributed by atoms with Gasteiger partial charge < -0.3 is 14.7 Å². The lowest BCUT2D eigenvalue weighted by Gasteiger charge is -2.18. The molecule has 0 radical (unpaired) electrons. The lowest BCUT2D eigenvalue weighted by Crippen LogP contribution is -2.40. The maximum Gasteiger partial charge on any atom is 0.327 e. The first-order valence-electron chi connectivity index (χ1n) is 6.09. The number of halogens is 1. The second-order valence-electron chi connectivity index (χ2n) is 4.56. The highest BCUT2D eigenvalue weighted by Crippen LogP contribution is 2.12. The van der Waals surface area contributed by atoms with Crippen LogP contribution in [0.1, 0.15) is 0 Å². The molecule has 7 heteroatoms. The number of aliphatic hydroxyl groups is 1. The minimum Gasteiger partial charge on any atom is -0.491 e. The van der Waals surface area contributed by atoms with Crippen molar-refractivity contribution in [2.45, 2.75) is 6.10 Å². The zero-order chi connectivity index (χ0) is 14.7. The fraction of sp³-hybridized carbons (Fsp3) is 0.385. The number of likely N-dealkylation sites (N-methyl/N-ethyl adjacent to an activating group) is 1. The molecular formula is C13H15FN2O4. The number of carbonyl (C=O) groups is 2. The number of benzene rings is 1. The van der Waals surface area contributed by atoms with Gasteiger partial charge in [-0.25, -0.2) is 9.18 Å². The number of β-amino-alcohol motifs (C(OH)–C–C–N with tert-alkyl or cyclic N) is 1. The van der Waals surface area contributed by atoms with E-state index in [0.717, 1.165) is 4.90 Å². The second kappa shape index (κ2) is 5.87. The molecule has 0 bridgehead atoms. The average molecular weight is 282 g/mol. The molecule has 6 nitrogen and oxygen atoms in total. The van der Waals surface area contributed by atoms with Crippen molar-refractivity contribution >= 4 is 11.9 Å². The summed E-state index contributed by atoms with van der Waals surface area (Å²) in [6.07, 6.45) is -1.00. The molecule has 0 aliphatic carbocycles. The number of rotatable bonds is 5. The monoisotopic (exact) mass is 282 g/mol. The Balaban J connectivity index is 1.83. The number of hydrogen-bond donors (Lipinski definition) is 1. The molecule has 0 saturated carbocycles. The van der Waals surface area contributed by atoms with Gasteiger partial charge in [-0.1, -0.05) is 0 Å². The van der Waals surface area contributed by atoms with E-state index >= 15 is 0 Å². The van der Waals surface area contributed by atoms with Gasteiger partial charge in [0.15, 0.2) is 0 Å². The van der Waals surface area contributed by atoms with E-state index in [-0.39, 0.29) is 31.4 Å². The van der Waals surface area contributed by atoms with E-state index in [0.29, 0.717) is 5.75 Å². The number of amides is 3. The Labute approximate surface area is 115 Å². The van der Waals surface area contributed by atoms with Crippen LogP contribution in [0.4, 0.5) is 9.18 Å². The normalized spacial score (nSPS) is 16.8. The number of imide groups is 1. The molecule has 1 N–H and O–H groups in total. The molecule has 20 heavy (non-hydrogen) atoms. The van der Waals surface area contributed by atoms with Crippen LogP contribution < -0.4 is 4.74 Å². The molecule has 1 aliphatic rings. The summed E-state index contributed by atoms with van der Waals surface area (Å²) >= 11 is 0. The Morgan fingerprint density at radius 1 is 1.35 bits per heavy atom. The van der Waals surface area contributed by atoms with Crippen LogP contribution in [0.5, 0.6) is 5.75 Å². The Morgan fingerprint density at radius 2 is 2.00 bits per heavy atom. The molecule has 1 aliphatic heterocycles. The first-order valence-corrected chi connectivity index (χ1v) is 6.09. The SMILES string of the molecule is CN1CC(=O)N(C[C@@H](O)COc2ccc(F)cc2)C1=O. The summed E-state index contributed by atoms with van der Waals surface area (Å²) in [5.41, 5.74) is 0. The summed E-state index contributed by atoms with van der Waals surface area (Å²) in [7, 11) is 1.52. The van der Waals surface area contributed by atoms with E-state index < -0.39 is 12.1 Å². The van der Waals surface area contributed by atoms with Gasteiger partial charge in [0.2, 0.25) is 5.91 Å². The van der Waals surface area contributed by atoms with Crippen molar-refractivity contribution in [3.8, 4) is 5.75 Å². The van der Waals surface area contributed by atoms with E-state index in [1.807, 2.05) is 0 Å². The lowest BCUT2D eigenvalue weighted by molar-refractivity contribution is -0.126. The number of hydrogen-bond acceptors (Lipinski definition) is 4. The minimum absolute atomic E-state index is 0.0182. The molecule has 0 aromatic heterocycles. The van der Waals surface area contributed by atoms with Crippen molar-refractivity contribution in [2.75, 3.05) is 26.7 Å². The van der Waals surface area contributed by atoms with Crippen LogP contribution in [0.25, 0.3) is 0 Å². The number of carbonyl (C=O) groups excluding carboxylic acids is 2. The third-order valence-corrected chi connectivity index (χ3v) is 2.88. The molecule has 0 unspecified atom stereocenters. The second-order valence-corrected chi connectivity index (χ2v) is 4.56. The summed E-state index contributed by atoms with van der Waals surface area (Å²) in [4.78, 5) is 25.4. The molecule has 2 rings (SSSR count). The van der Waals surface area contributed by atoms with Gasteiger partial charge in [0.1, 0.15) is 30.8 Å². The maximum atomic E-state index is 12.7. The number of aliphatic hydroxyl groups excluding tert-OH is 1. The van der Waals surface area contributed by atoms with Crippen molar-refractivity contribution in [1.82, 2.24) is 9.80 Å². The summed E-state index contributed by atoms with van der Waals surface area (Å²) in [6, 6.07) is 4.91. The first-order chi connectivity index (χ1) is 9.47. The molecule has 1 aromatic rings. The van der Waals surface area contributed by atoms with Crippen molar-refractivity contribution in [3.63, 3.8) is 0 Å². The van der Waals surface area contributed by atoms with Gasteiger partial charge in [-0.05, 0) is 24.3 Å². The Morgan fingerprint density at radius 3 is 2.55 bits per heavy atom. The zero-order valence-corrected chi connectivity index (χ0v) is 11.0. The summed E-state index contributed by atoms with van der Waals surface area (Å²) in [5, 5.41) is 9.78. The molecule has 3 amide bonds. The average Bonchev–Trinajstić information content (AvgIpc) is 2.65. The first kappa shape index (κ1) is 14.3. The van der Waals surface area contributed by atoms with Crippen LogP contribution in [0.15, 0.2) is 24.3 Å². The number of urea groups is 1. The van der Waals surface area contributed by atoms with Gasteiger partial charge in [-0.15, -0.1) is 0 Å². The van der Waals surface area contributed by atoms with Crippen molar-refractivity contribution in [3.05, 3.63) is 30.1 Å². The molecule has 0 spiro atoms. The van der Waals surface area contributed by atoms with Crippen LogP contribution in [0.3, 0.4) is 0 Å². The predicted octanol–water partition coefficient (Wildman–Crippen LogP) is 0.459. The van der Waals surface area contributed by atoms with Crippen molar-refractivity contribution < 1.29 is 23.8 Å². The predicted molar refractivity (Wildman–Crippen MR) is 67.6 cm³/mol. The van der Waals surface area contributed by atoms with Crippen LogP contribution in [-0.4, -0.2) is 59.7 Å². The van der Waals surface area contributed by atoms with E-state index in [1.165, 1.54) is 36.2 Å². The topological polar surface area (TPSA) is 70.1 Å². The highest BCUT2D eigenvalue weighted by molar-refractivity contribution is 6.01. The van der Waals surface area contributed by atoms with Gasteiger partial charge in [0.25, 0.3) is 0 Å². The van der Waals surface area contributed by atoms with E-state index in [4.69, 9.17) is 4.74 Å².